The van der Waals surface area contributed by atoms with Crippen molar-refractivity contribution in [3.8, 4) is 5.75 Å². The zero-order chi connectivity index (χ0) is 21.5. The van der Waals surface area contributed by atoms with E-state index in [1.54, 1.807) is 42.5 Å². The van der Waals surface area contributed by atoms with Crippen molar-refractivity contribution in [2.24, 2.45) is 0 Å². The fourth-order valence-corrected chi connectivity index (χ4v) is 3.56. The van der Waals surface area contributed by atoms with Crippen LogP contribution >= 0.6 is 35.0 Å². The minimum Gasteiger partial charge on any atom is -0.489 e. The standard InChI is InChI=1S/C21H19Cl2N3O3S/c1-2-3-19-24-21(26-25-19)30-18(20(27)28)11-13-4-7-15(8-5-13)29-12-14-6-9-16(22)17(23)10-14/h4-11H,2-3,12H2,1H3,(H,27,28)(H,24,25,26)/b18-11-. The zero-order valence-electron chi connectivity index (χ0n) is 16.1. The molecule has 6 nitrogen and oxygen atoms in total. The molecule has 0 atom stereocenters. The lowest BCUT2D eigenvalue weighted by molar-refractivity contribution is -0.131. The first kappa shape index (κ1) is 22.2. The molecular weight excluding hydrogens is 445 g/mol. The van der Waals surface area contributed by atoms with Gasteiger partial charge in [0.15, 0.2) is 0 Å². The number of hydrogen-bond donors (Lipinski definition) is 2. The summed E-state index contributed by atoms with van der Waals surface area (Å²) in [6.45, 7) is 2.38. The Labute approximate surface area is 188 Å². The van der Waals surface area contributed by atoms with E-state index in [1.165, 1.54) is 0 Å². The number of carbonyl (C=O) groups is 1. The van der Waals surface area contributed by atoms with Crippen molar-refractivity contribution in [3.05, 3.63) is 74.4 Å². The molecule has 0 spiro atoms. The van der Waals surface area contributed by atoms with Gasteiger partial charge in [0.05, 0.1) is 10.0 Å². The predicted molar refractivity (Wildman–Crippen MR) is 119 cm³/mol. The fourth-order valence-electron chi connectivity index (χ4n) is 2.51. The number of ether oxygens (including phenoxy) is 1. The first-order valence-electron chi connectivity index (χ1n) is 9.15. The summed E-state index contributed by atoms with van der Waals surface area (Å²) in [6, 6.07) is 12.5. The number of nitrogens with zero attached hydrogens (tertiary/aromatic N) is 2. The average Bonchev–Trinajstić information content (AvgIpc) is 3.16. The molecule has 2 aromatic carbocycles. The van der Waals surface area contributed by atoms with Gasteiger partial charge in [0.25, 0.3) is 0 Å². The highest BCUT2D eigenvalue weighted by Gasteiger charge is 2.13. The van der Waals surface area contributed by atoms with Gasteiger partial charge >= 0.3 is 5.97 Å². The van der Waals surface area contributed by atoms with Crippen molar-refractivity contribution in [2.45, 2.75) is 31.5 Å². The number of hydrogen-bond acceptors (Lipinski definition) is 5. The maximum atomic E-state index is 11.6. The van der Waals surface area contributed by atoms with Gasteiger partial charge < -0.3 is 9.84 Å². The SMILES string of the molecule is CCCc1nc(S/C(=C\c2ccc(OCc3ccc(Cl)c(Cl)c3)cc2)C(=O)O)n[nH]1. The van der Waals surface area contributed by atoms with Gasteiger partial charge in [0, 0.05) is 6.42 Å². The van der Waals surface area contributed by atoms with Gasteiger partial charge in [0.2, 0.25) is 5.16 Å². The Balaban J connectivity index is 1.65. The van der Waals surface area contributed by atoms with Crippen LogP contribution in [0.3, 0.4) is 0 Å². The second-order valence-electron chi connectivity index (χ2n) is 6.34. The van der Waals surface area contributed by atoms with Crippen LogP contribution in [0.1, 0.15) is 30.3 Å². The number of aromatic amines is 1. The number of aliphatic carboxylic acids is 1. The Kier molecular flexibility index (Phi) is 7.79. The van der Waals surface area contributed by atoms with Gasteiger partial charge in [-0.25, -0.2) is 9.78 Å². The van der Waals surface area contributed by atoms with Crippen molar-refractivity contribution in [3.63, 3.8) is 0 Å². The number of carboxylic acid groups (broad SMARTS) is 1. The van der Waals surface area contributed by atoms with Crippen LogP contribution in [-0.4, -0.2) is 26.3 Å². The number of rotatable bonds is 9. The van der Waals surface area contributed by atoms with Gasteiger partial charge in [-0.05, 0) is 59.7 Å². The van der Waals surface area contributed by atoms with Crippen molar-refractivity contribution < 1.29 is 14.6 Å². The highest BCUT2D eigenvalue weighted by molar-refractivity contribution is 8.04. The number of H-pyrrole nitrogens is 1. The minimum atomic E-state index is -1.04. The molecule has 1 heterocycles. The number of carboxylic acids is 1. The molecule has 3 aromatic rings. The number of thioether (sulfide) groups is 1. The number of aromatic nitrogens is 3. The van der Waals surface area contributed by atoms with Crippen LogP contribution in [0, 0.1) is 0 Å². The molecule has 0 aliphatic rings. The predicted octanol–water partition coefficient (Wildman–Crippen LogP) is 5.86. The summed E-state index contributed by atoms with van der Waals surface area (Å²) < 4.78 is 5.75. The van der Waals surface area contributed by atoms with Crippen LogP contribution in [0.4, 0.5) is 0 Å². The summed E-state index contributed by atoms with van der Waals surface area (Å²) in [5.74, 6) is 0.357. The summed E-state index contributed by atoms with van der Waals surface area (Å²) in [7, 11) is 0. The largest absolute Gasteiger partial charge is 0.489 e. The highest BCUT2D eigenvalue weighted by atomic mass is 35.5. The molecule has 1 aromatic heterocycles. The third-order valence-electron chi connectivity index (χ3n) is 3.98. The lowest BCUT2D eigenvalue weighted by Crippen LogP contribution is -1.98. The van der Waals surface area contributed by atoms with Crippen LogP contribution in [-0.2, 0) is 17.8 Å². The lowest BCUT2D eigenvalue weighted by atomic mass is 10.2. The van der Waals surface area contributed by atoms with E-state index in [4.69, 9.17) is 27.9 Å². The zero-order valence-corrected chi connectivity index (χ0v) is 18.4. The lowest BCUT2D eigenvalue weighted by Gasteiger charge is -2.08. The second-order valence-corrected chi connectivity index (χ2v) is 8.16. The Morgan fingerprint density at radius 3 is 2.63 bits per heavy atom. The average molecular weight is 464 g/mol. The van der Waals surface area contributed by atoms with E-state index < -0.39 is 5.97 Å². The Hall–Kier alpha value is -2.48. The van der Waals surface area contributed by atoms with Crippen molar-refractivity contribution in [1.82, 2.24) is 15.2 Å². The molecule has 0 bridgehead atoms. The normalized spacial score (nSPS) is 11.5. The monoisotopic (exact) mass is 463 g/mol. The first-order chi connectivity index (χ1) is 14.4. The molecule has 0 fully saturated rings. The molecule has 156 valence electrons. The molecule has 2 N–H and O–H groups in total. The van der Waals surface area contributed by atoms with Crippen molar-refractivity contribution >= 4 is 47.0 Å². The molecule has 9 heteroatoms. The quantitative estimate of drug-likeness (QED) is 0.305. The maximum absolute atomic E-state index is 11.6. The Morgan fingerprint density at radius 1 is 1.20 bits per heavy atom. The molecule has 0 saturated heterocycles. The van der Waals surface area contributed by atoms with E-state index in [0.29, 0.717) is 27.6 Å². The molecule has 0 aliphatic carbocycles. The van der Waals surface area contributed by atoms with Gasteiger partial charge in [-0.3, -0.25) is 5.10 Å². The summed E-state index contributed by atoms with van der Waals surface area (Å²) in [6.07, 6.45) is 3.27. The number of benzene rings is 2. The van der Waals surface area contributed by atoms with E-state index in [2.05, 4.69) is 15.2 Å². The topological polar surface area (TPSA) is 88.1 Å². The molecule has 0 radical (unpaired) electrons. The highest BCUT2D eigenvalue weighted by Crippen LogP contribution is 2.27. The van der Waals surface area contributed by atoms with E-state index in [-0.39, 0.29) is 4.91 Å². The summed E-state index contributed by atoms with van der Waals surface area (Å²) in [5, 5.41) is 17.8. The van der Waals surface area contributed by atoms with Crippen LogP contribution in [0.2, 0.25) is 10.0 Å². The van der Waals surface area contributed by atoms with Gasteiger partial charge in [-0.15, -0.1) is 5.10 Å². The van der Waals surface area contributed by atoms with Gasteiger partial charge in [-0.1, -0.05) is 48.3 Å². The van der Waals surface area contributed by atoms with Crippen LogP contribution in [0.25, 0.3) is 6.08 Å². The summed E-state index contributed by atoms with van der Waals surface area (Å²) in [4.78, 5) is 16.0. The number of nitrogens with one attached hydrogen (secondary N) is 1. The van der Waals surface area contributed by atoms with E-state index in [1.807, 2.05) is 13.0 Å². The second kappa shape index (κ2) is 10.5. The van der Waals surface area contributed by atoms with E-state index in [9.17, 15) is 9.90 Å². The molecule has 0 aliphatic heterocycles. The first-order valence-corrected chi connectivity index (χ1v) is 10.7. The molecule has 0 unspecified atom stereocenters. The number of halogens is 2. The van der Waals surface area contributed by atoms with E-state index >= 15 is 0 Å². The fraction of sp³-hybridized carbons (Fsp3) is 0.190. The molecular formula is C21H19Cl2N3O3S. The summed E-state index contributed by atoms with van der Waals surface area (Å²) in [5.41, 5.74) is 1.62. The van der Waals surface area contributed by atoms with Crippen LogP contribution in [0.5, 0.6) is 5.75 Å². The minimum absolute atomic E-state index is 0.126. The molecule has 3 rings (SSSR count). The van der Waals surface area contributed by atoms with Crippen molar-refractivity contribution in [2.75, 3.05) is 0 Å². The third-order valence-corrected chi connectivity index (χ3v) is 5.59. The van der Waals surface area contributed by atoms with Crippen molar-refractivity contribution in [1.29, 1.82) is 0 Å². The number of aryl methyl sites for hydroxylation is 1. The van der Waals surface area contributed by atoms with Gasteiger partial charge in [-0.2, -0.15) is 0 Å². The molecule has 0 saturated carbocycles. The van der Waals surface area contributed by atoms with Gasteiger partial charge in [0.1, 0.15) is 23.1 Å². The molecule has 30 heavy (non-hydrogen) atoms. The Bertz CT molecular complexity index is 1050. The molecule has 0 amide bonds. The van der Waals surface area contributed by atoms with Crippen LogP contribution < -0.4 is 4.74 Å². The van der Waals surface area contributed by atoms with E-state index in [0.717, 1.165) is 41.6 Å². The smallest absolute Gasteiger partial charge is 0.342 e. The maximum Gasteiger partial charge on any atom is 0.342 e. The Morgan fingerprint density at radius 2 is 1.97 bits per heavy atom. The third kappa shape index (κ3) is 6.26. The van der Waals surface area contributed by atoms with Crippen LogP contribution in [0.15, 0.2) is 52.5 Å². The summed E-state index contributed by atoms with van der Waals surface area (Å²) >= 11 is 12.9.